The fourth-order valence-corrected chi connectivity index (χ4v) is 2.05. The van der Waals surface area contributed by atoms with E-state index < -0.39 is 17.8 Å². The Bertz CT molecular complexity index is 470. The van der Waals surface area contributed by atoms with Crippen LogP contribution in [0.4, 0.5) is 5.69 Å². The largest absolute Gasteiger partial charge is 0.481 e. The van der Waals surface area contributed by atoms with Gasteiger partial charge in [0.05, 0.1) is 23.7 Å². The number of allylic oxidation sites excluding steroid dienone is 2. The molecule has 18 heavy (non-hydrogen) atoms. The minimum absolute atomic E-state index is 0.264. The first-order chi connectivity index (χ1) is 8.68. The fraction of sp³-hybridized carbons (Fsp3) is 0.308. The quantitative estimate of drug-likeness (QED) is 0.795. The van der Waals surface area contributed by atoms with Gasteiger partial charge in [-0.05, 0) is 25.0 Å². The molecule has 1 aliphatic carbocycles. The molecular formula is C13H14N2O3. The molecule has 2 rings (SSSR count). The fourth-order valence-electron chi connectivity index (χ4n) is 2.05. The highest BCUT2D eigenvalue weighted by molar-refractivity contribution is 5.95. The number of carbonyl (C=O) groups is 2. The number of rotatable bonds is 3. The third-order valence-corrected chi connectivity index (χ3v) is 3.02. The van der Waals surface area contributed by atoms with Crippen molar-refractivity contribution in [2.24, 2.45) is 11.8 Å². The Balaban J connectivity index is 2.08. The van der Waals surface area contributed by atoms with Gasteiger partial charge in [-0.25, -0.2) is 0 Å². The molecule has 1 aliphatic rings. The van der Waals surface area contributed by atoms with Crippen molar-refractivity contribution in [2.45, 2.75) is 12.8 Å². The van der Waals surface area contributed by atoms with Crippen LogP contribution in [-0.4, -0.2) is 22.0 Å². The standard InChI is InChI=1S/C13H14N2O3/c16-12(15-9-4-3-7-14-8-9)10-5-1-2-6-11(10)13(17)18/h1-4,7-8,10-11H,5-6H2,(H,15,16)(H,17,18)/t10-,11-/m1/s1. The summed E-state index contributed by atoms with van der Waals surface area (Å²) in [6.07, 6.45) is 7.68. The van der Waals surface area contributed by atoms with Gasteiger partial charge in [0, 0.05) is 6.20 Å². The minimum Gasteiger partial charge on any atom is -0.481 e. The Labute approximate surface area is 105 Å². The molecular weight excluding hydrogens is 232 g/mol. The van der Waals surface area contributed by atoms with Crippen molar-refractivity contribution in [2.75, 3.05) is 5.32 Å². The molecule has 0 spiro atoms. The number of nitrogens with zero attached hydrogens (tertiary/aromatic N) is 1. The first-order valence-corrected chi connectivity index (χ1v) is 5.77. The highest BCUT2D eigenvalue weighted by Crippen LogP contribution is 2.27. The van der Waals surface area contributed by atoms with Crippen LogP contribution in [0.15, 0.2) is 36.7 Å². The number of hydrogen-bond donors (Lipinski definition) is 2. The van der Waals surface area contributed by atoms with E-state index in [1.807, 2.05) is 12.2 Å². The van der Waals surface area contributed by atoms with Crippen LogP contribution in [0.1, 0.15) is 12.8 Å². The third-order valence-electron chi connectivity index (χ3n) is 3.02. The number of aliphatic carboxylic acids is 1. The maximum atomic E-state index is 12.0. The van der Waals surface area contributed by atoms with Crippen LogP contribution in [-0.2, 0) is 9.59 Å². The summed E-state index contributed by atoms with van der Waals surface area (Å²) in [5, 5.41) is 11.8. The predicted molar refractivity (Wildman–Crippen MR) is 65.9 cm³/mol. The Morgan fingerprint density at radius 3 is 2.61 bits per heavy atom. The van der Waals surface area contributed by atoms with Crippen molar-refractivity contribution in [3.05, 3.63) is 36.7 Å². The molecule has 2 N–H and O–H groups in total. The second kappa shape index (κ2) is 5.44. The zero-order valence-corrected chi connectivity index (χ0v) is 9.74. The molecule has 5 nitrogen and oxygen atoms in total. The van der Waals surface area contributed by atoms with Crippen molar-refractivity contribution in [1.29, 1.82) is 0 Å². The maximum Gasteiger partial charge on any atom is 0.307 e. The summed E-state index contributed by atoms with van der Waals surface area (Å²) >= 11 is 0. The van der Waals surface area contributed by atoms with Crippen LogP contribution in [0, 0.1) is 11.8 Å². The van der Waals surface area contributed by atoms with E-state index in [0.717, 1.165) is 0 Å². The van der Waals surface area contributed by atoms with Gasteiger partial charge < -0.3 is 10.4 Å². The van der Waals surface area contributed by atoms with E-state index in [9.17, 15) is 9.59 Å². The van der Waals surface area contributed by atoms with Crippen molar-refractivity contribution in [1.82, 2.24) is 4.98 Å². The Morgan fingerprint density at radius 2 is 2.00 bits per heavy atom. The molecule has 94 valence electrons. The SMILES string of the molecule is O=C(O)[C@@H]1CC=CC[C@H]1C(=O)Nc1cccnc1. The molecule has 1 amide bonds. The van der Waals surface area contributed by atoms with Crippen molar-refractivity contribution in [3.8, 4) is 0 Å². The molecule has 0 saturated carbocycles. The Morgan fingerprint density at radius 1 is 1.28 bits per heavy atom. The average Bonchev–Trinajstić information content (AvgIpc) is 2.40. The molecule has 0 unspecified atom stereocenters. The predicted octanol–water partition coefficient (Wildman–Crippen LogP) is 1.69. The summed E-state index contributed by atoms with van der Waals surface area (Å²) in [5.41, 5.74) is 0.584. The zero-order chi connectivity index (χ0) is 13.0. The molecule has 0 aliphatic heterocycles. The number of nitrogens with one attached hydrogen (secondary N) is 1. The van der Waals surface area contributed by atoms with Crippen LogP contribution < -0.4 is 5.32 Å². The van der Waals surface area contributed by atoms with Gasteiger partial charge in [-0.2, -0.15) is 0 Å². The number of carbonyl (C=O) groups excluding carboxylic acids is 1. The van der Waals surface area contributed by atoms with Crippen LogP contribution in [0.3, 0.4) is 0 Å². The summed E-state index contributed by atoms with van der Waals surface area (Å²) in [5.74, 6) is -2.36. The maximum absolute atomic E-state index is 12.0. The topological polar surface area (TPSA) is 79.3 Å². The van der Waals surface area contributed by atoms with Crippen molar-refractivity contribution < 1.29 is 14.7 Å². The van der Waals surface area contributed by atoms with Gasteiger partial charge in [-0.15, -0.1) is 0 Å². The van der Waals surface area contributed by atoms with Crippen molar-refractivity contribution >= 4 is 17.6 Å². The lowest BCUT2D eigenvalue weighted by Gasteiger charge is -2.24. The van der Waals surface area contributed by atoms with Gasteiger partial charge in [0.25, 0.3) is 0 Å². The molecule has 0 aromatic carbocycles. The summed E-state index contributed by atoms with van der Waals surface area (Å²) in [7, 11) is 0. The molecule has 1 heterocycles. The summed E-state index contributed by atoms with van der Waals surface area (Å²) in [4.78, 5) is 27.0. The Kier molecular flexibility index (Phi) is 3.72. The van der Waals surface area contributed by atoms with E-state index in [-0.39, 0.29) is 5.91 Å². The smallest absolute Gasteiger partial charge is 0.307 e. The van der Waals surface area contributed by atoms with E-state index in [0.29, 0.717) is 18.5 Å². The summed E-state index contributed by atoms with van der Waals surface area (Å²) in [6.45, 7) is 0. The van der Waals surface area contributed by atoms with E-state index in [4.69, 9.17) is 5.11 Å². The number of carboxylic acids is 1. The minimum atomic E-state index is -0.925. The molecule has 2 atom stereocenters. The van der Waals surface area contributed by atoms with E-state index in [2.05, 4.69) is 10.3 Å². The van der Waals surface area contributed by atoms with Gasteiger partial charge in [0.1, 0.15) is 0 Å². The van der Waals surface area contributed by atoms with Gasteiger partial charge in [-0.1, -0.05) is 12.2 Å². The molecule has 0 fully saturated rings. The third kappa shape index (κ3) is 2.74. The van der Waals surface area contributed by atoms with E-state index >= 15 is 0 Å². The van der Waals surface area contributed by atoms with Gasteiger partial charge >= 0.3 is 5.97 Å². The normalized spacial score (nSPS) is 22.4. The number of pyridine rings is 1. The second-order valence-electron chi connectivity index (χ2n) is 4.22. The molecule has 1 aromatic rings. The molecule has 0 bridgehead atoms. The highest BCUT2D eigenvalue weighted by Gasteiger charge is 2.33. The van der Waals surface area contributed by atoms with Crippen molar-refractivity contribution in [3.63, 3.8) is 0 Å². The Hall–Kier alpha value is -2.17. The summed E-state index contributed by atoms with van der Waals surface area (Å²) < 4.78 is 0. The highest BCUT2D eigenvalue weighted by atomic mass is 16.4. The van der Waals surface area contributed by atoms with Gasteiger partial charge in [-0.3, -0.25) is 14.6 Å². The van der Waals surface area contributed by atoms with Gasteiger partial charge in [0.15, 0.2) is 0 Å². The number of amides is 1. The van der Waals surface area contributed by atoms with Crippen LogP contribution in [0.5, 0.6) is 0 Å². The van der Waals surface area contributed by atoms with Crippen LogP contribution >= 0.6 is 0 Å². The lowest BCUT2D eigenvalue weighted by Crippen LogP contribution is -2.34. The van der Waals surface area contributed by atoms with E-state index in [1.54, 1.807) is 18.3 Å². The number of anilines is 1. The number of hydrogen-bond acceptors (Lipinski definition) is 3. The number of aromatic nitrogens is 1. The average molecular weight is 246 g/mol. The zero-order valence-electron chi connectivity index (χ0n) is 9.74. The summed E-state index contributed by atoms with van der Waals surface area (Å²) in [6, 6.07) is 3.43. The van der Waals surface area contributed by atoms with Gasteiger partial charge in [0.2, 0.25) is 5.91 Å². The van der Waals surface area contributed by atoms with E-state index in [1.165, 1.54) is 6.20 Å². The number of carboxylic acid groups (broad SMARTS) is 1. The first kappa shape index (κ1) is 12.3. The lowest BCUT2D eigenvalue weighted by atomic mass is 9.82. The molecule has 1 aromatic heterocycles. The molecule has 0 saturated heterocycles. The van der Waals surface area contributed by atoms with Crippen LogP contribution in [0.2, 0.25) is 0 Å². The lowest BCUT2D eigenvalue weighted by molar-refractivity contribution is -0.146. The first-order valence-electron chi connectivity index (χ1n) is 5.77. The molecule has 0 radical (unpaired) electrons. The second-order valence-corrected chi connectivity index (χ2v) is 4.22. The monoisotopic (exact) mass is 246 g/mol. The molecule has 5 heteroatoms. The van der Waals surface area contributed by atoms with Crippen LogP contribution in [0.25, 0.3) is 0 Å².